The van der Waals surface area contributed by atoms with E-state index in [9.17, 15) is 9.59 Å². The van der Waals surface area contributed by atoms with Crippen molar-refractivity contribution in [2.75, 3.05) is 33.8 Å². The zero-order chi connectivity index (χ0) is 22.4. The first-order valence-corrected chi connectivity index (χ1v) is 10.5. The molecule has 0 saturated heterocycles. The third-order valence-electron chi connectivity index (χ3n) is 4.96. The van der Waals surface area contributed by atoms with Gasteiger partial charge in [0, 0.05) is 31.5 Å². The van der Waals surface area contributed by atoms with Gasteiger partial charge in [0.25, 0.3) is 12.4 Å². The van der Waals surface area contributed by atoms with Crippen molar-refractivity contribution in [1.82, 2.24) is 20.5 Å². The fourth-order valence-electron chi connectivity index (χ4n) is 3.45. The lowest BCUT2D eigenvalue weighted by Gasteiger charge is -2.36. The smallest absolute Gasteiger partial charge is 0.290 e. The second-order valence-corrected chi connectivity index (χ2v) is 7.65. The average Bonchev–Trinajstić information content (AvgIpc) is 3.25. The number of H-pyrrole nitrogens is 1. The van der Waals surface area contributed by atoms with Crippen molar-refractivity contribution in [2.24, 2.45) is 5.92 Å². The monoisotopic (exact) mass is 424 g/mol. The Hall–Kier alpha value is -2.39. The van der Waals surface area contributed by atoms with Crippen LogP contribution in [0.5, 0.6) is 0 Å². The van der Waals surface area contributed by atoms with Gasteiger partial charge in [-0.05, 0) is 58.8 Å². The van der Waals surface area contributed by atoms with Crippen LogP contribution in [0, 0.1) is 5.92 Å². The molecular weight excluding hydrogens is 388 g/mol. The van der Waals surface area contributed by atoms with Crippen LogP contribution in [-0.4, -0.2) is 79.2 Å². The number of hydrogen-bond donors (Lipinski definition) is 4. The summed E-state index contributed by atoms with van der Waals surface area (Å²) in [6, 6.07) is 1.70. The first-order chi connectivity index (χ1) is 14.4. The summed E-state index contributed by atoms with van der Waals surface area (Å²) in [5.74, 6) is -0.0428. The predicted molar refractivity (Wildman–Crippen MR) is 114 cm³/mol. The third-order valence-corrected chi connectivity index (χ3v) is 4.96. The van der Waals surface area contributed by atoms with Crippen molar-refractivity contribution in [3.05, 3.63) is 24.0 Å². The van der Waals surface area contributed by atoms with Crippen LogP contribution >= 0.6 is 0 Å². The Morgan fingerprint density at radius 2 is 2.10 bits per heavy atom. The van der Waals surface area contributed by atoms with Crippen LogP contribution in [0.25, 0.3) is 0 Å². The summed E-state index contributed by atoms with van der Waals surface area (Å²) in [5.41, 5.74) is 0.616. The number of ether oxygens (including phenoxy) is 1. The van der Waals surface area contributed by atoms with Gasteiger partial charge in [0.05, 0.1) is 17.7 Å². The van der Waals surface area contributed by atoms with Gasteiger partial charge in [-0.2, -0.15) is 0 Å². The maximum atomic E-state index is 12.5. The maximum absolute atomic E-state index is 12.5. The lowest BCUT2D eigenvalue weighted by atomic mass is 9.83. The topological polar surface area (TPSA) is 124 Å². The molecule has 1 aliphatic rings. The molecule has 1 fully saturated rings. The lowest BCUT2D eigenvalue weighted by Crippen LogP contribution is -2.50. The van der Waals surface area contributed by atoms with Gasteiger partial charge in [-0.15, -0.1) is 0 Å². The fraction of sp³-hybridized carbons (Fsp3) is 0.667. The van der Waals surface area contributed by atoms with Crippen LogP contribution in [-0.2, 0) is 14.3 Å². The van der Waals surface area contributed by atoms with Gasteiger partial charge in [-0.3, -0.25) is 14.4 Å². The highest BCUT2D eigenvalue weighted by Gasteiger charge is 2.35. The van der Waals surface area contributed by atoms with Gasteiger partial charge in [-0.1, -0.05) is 6.92 Å². The summed E-state index contributed by atoms with van der Waals surface area (Å²) in [6.45, 7) is 4.10. The molecule has 9 heteroatoms. The van der Waals surface area contributed by atoms with Crippen LogP contribution in [0.15, 0.2) is 18.5 Å². The number of amides is 2. The van der Waals surface area contributed by atoms with Gasteiger partial charge < -0.3 is 30.4 Å². The number of aromatic nitrogens is 1. The Labute approximate surface area is 178 Å². The molecule has 30 heavy (non-hydrogen) atoms. The minimum atomic E-state index is -0.250. The highest BCUT2D eigenvalue weighted by atomic mass is 16.5. The largest absolute Gasteiger partial charge is 0.483 e. The number of carbonyl (C=O) groups excluding carboxylic acids is 2. The van der Waals surface area contributed by atoms with E-state index >= 15 is 0 Å². The summed E-state index contributed by atoms with van der Waals surface area (Å²) in [5, 5.41) is 13.0. The van der Waals surface area contributed by atoms with Gasteiger partial charge >= 0.3 is 0 Å². The van der Waals surface area contributed by atoms with Crippen molar-refractivity contribution < 1.29 is 24.2 Å². The van der Waals surface area contributed by atoms with Crippen LogP contribution in [0.1, 0.15) is 49.4 Å². The van der Waals surface area contributed by atoms with E-state index in [0.29, 0.717) is 25.1 Å². The van der Waals surface area contributed by atoms with Crippen molar-refractivity contribution in [3.63, 3.8) is 0 Å². The molecule has 1 aromatic heterocycles. The molecule has 4 N–H and O–H groups in total. The second kappa shape index (κ2) is 14.6. The molecule has 0 radical (unpaired) electrons. The molecule has 170 valence electrons. The van der Waals surface area contributed by atoms with E-state index in [1.807, 2.05) is 14.1 Å². The van der Waals surface area contributed by atoms with E-state index in [0.717, 1.165) is 32.2 Å². The lowest BCUT2D eigenvalue weighted by molar-refractivity contribution is -0.128. The number of carboxylic acid groups (broad SMARTS) is 1. The Balaban J connectivity index is 0.00000141. The Kier molecular flexibility index (Phi) is 12.5. The van der Waals surface area contributed by atoms with E-state index < -0.39 is 0 Å². The first kappa shape index (κ1) is 25.6. The van der Waals surface area contributed by atoms with E-state index in [1.54, 1.807) is 18.5 Å². The number of nitrogens with zero attached hydrogens (tertiary/aromatic N) is 1. The molecule has 1 heterocycles. The Bertz CT molecular complexity index is 621. The summed E-state index contributed by atoms with van der Waals surface area (Å²) in [6.07, 6.45) is 7.31. The summed E-state index contributed by atoms with van der Waals surface area (Å²) < 4.78 is 5.99. The Morgan fingerprint density at radius 1 is 1.37 bits per heavy atom. The summed E-state index contributed by atoms with van der Waals surface area (Å²) in [7, 11) is 4.06. The first-order valence-electron chi connectivity index (χ1n) is 10.5. The number of rotatable bonds is 10. The SMILES string of the molecule is CCCO[C@@H]1C[C@@H](C(=O)NCCCN(C)C)CC[C@H]1NC(=O)c1cc[nH]c1.O=CO. The third kappa shape index (κ3) is 9.41. The zero-order valence-electron chi connectivity index (χ0n) is 18.2. The van der Waals surface area contributed by atoms with Crippen molar-refractivity contribution in [1.29, 1.82) is 0 Å². The zero-order valence-corrected chi connectivity index (χ0v) is 18.2. The minimum Gasteiger partial charge on any atom is -0.483 e. The quantitative estimate of drug-likeness (QED) is 0.333. The predicted octanol–water partition coefficient (Wildman–Crippen LogP) is 1.48. The molecule has 9 nitrogen and oxygen atoms in total. The van der Waals surface area contributed by atoms with Crippen LogP contribution in [0.2, 0.25) is 0 Å². The van der Waals surface area contributed by atoms with E-state index in [2.05, 4.69) is 27.4 Å². The molecule has 0 bridgehead atoms. The molecule has 1 saturated carbocycles. The highest BCUT2D eigenvalue weighted by molar-refractivity contribution is 5.94. The maximum Gasteiger partial charge on any atom is 0.290 e. The van der Waals surface area contributed by atoms with Gasteiger partial charge in [0.1, 0.15) is 0 Å². The number of nitrogens with one attached hydrogen (secondary N) is 3. The van der Waals surface area contributed by atoms with Crippen molar-refractivity contribution >= 4 is 18.3 Å². The molecule has 1 aliphatic carbocycles. The Morgan fingerprint density at radius 3 is 2.70 bits per heavy atom. The van der Waals surface area contributed by atoms with Gasteiger partial charge in [-0.25, -0.2) is 0 Å². The molecule has 2 amide bonds. The fourth-order valence-corrected chi connectivity index (χ4v) is 3.45. The molecule has 0 aromatic carbocycles. The standard InChI is InChI=1S/C20H34N4O3.CH2O2/c1-4-12-27-18-13-15(19(25)22-9-5-11-24(2)3)6-7-17(18)23-20(26)16-8-10-21-14-16;2-1-3/h8,10,14-15,17-18,21H,4-7,9,11-13H2,1-3H3,(H,22,25)(H,23,26);1H,(H,2,3)/t15-,17+,18+;/m0./s1. The average molecular weight is 425 g/mol. The van der Waals surface area contributed by atoms with Crippen LogP contribution < -0.4 is 10.6 Å². The summed E-state index contributed by atoms with van der Waals surface area (Å²) >= 11 is 0. The number of hydrogen-bond acceptors (Lipinski definition) is 5. The van der Waals surface area contributed by atoms with Crippen LogP contribution in [0.3, 0.4) is 0 Å². The number of aromatic amines is 1. The van der Waals surface area contributed by atoms with Crippen molar-refractivity contribution in [3.8, 4) is 0 Å². The molecule has 0 unspecified atom stereocenters. The molecule has 1 aromatic rings. The molecular formula is C21H36N4O5. The van der Waals surface area contributed by atoms with E-state index in [4.69, 9.17) is 14.6 Å². The van der Waals surface area contributed by atoms with Gasteiger partial charge in [0.15, 0.2) is 0 Å². The van der Waals surface area contributed by atoms with E-state index in [1.165, 1.54) is 0 Å². The van der Waals surface area contributed by atoms with Gasteiger partial charge in [0.2, 0.25) is 5.91 Å². The molecule has 0 spiro atoms. The molecule has 3 atom stereocenters. The van der Waals surface area contributed by atoms with Crippen molar-refractivity contribution in [2.45, 2.75) is 51.2 Å². The normalized spacial score (nSPS) is 20.7. The summed E-state index contributed by atoms with van der Waals surface area (Å²) in [4.78, 5) is 38.2. The van der Waals surface area contributed by atoms with E-state index in [-0.39, 0.29) is 36.4 Å². The number of carbonyl (C=O) groups is 3. The van der Waals surface area contributed by atoms with Crippen LogP contribution in [0.4, 0.5) is 0 Å². The highest BCUT2D eigenvalue weighted by Crippen LogP contribution is 2.27. The molecule has 2 rings (SSSR count). The molecule has 0 aliphatic heterocycles. The minimum absolute atomic E-state index is 0.0494. The second-order valence-electron chi connectivity index (χ2n) is 7.65.